The van der Waals surface area contributed by atoms with Gasteiger partial charge in [0, 0.05) is 22.0 Å². The molecule has 0 N–H and O–H groups in total. The molecule has 2 heterocycles. The SMILES string of the molecule is C[SiH](C)C(C)(C)COCCCB1[C@H]2CCC[C@H]1CCC2. The van der Waals surface area contributed by atoms with Crippen LogP contribution in [-0.4, -0.2) is 28.7 Å². The van der Waals surface area contributed by atoms with Crippen LogP contribution >= 0.6 is 0 Å². The van der Waals surface area contributed by atoms with Crippen LogP contribution in [0.15, 0.2) is 0 Å². The summed E-state index contributed by atoms with van der Waals surface area (Å²) in [5.41, 5.74) is 0. The lowest BCUT2D eigenvalue weighted by atomic mass is 9.26. The highest BCUT2D eigenvalue weighted by Crippen LogP contribution is 2.47. The summed E-state index contributed by atoms with van der Waals surface area (Å²) in [5.74, 6) is 2.14. The lowest BCUT2D eigenvalue weighted by Crippen LogP contribution is -2.34. The third kappa shape index (κ3) is 4.37. The second-order valence-electron chi connectivity index (χ2n) is 8.38. The van der Waals surface area contributed by atoms with Crippen LogP contribution in [0, 0.1) is 0 Å². The molecule has 2 aliphatic heterocycles. The highest BCUT2D eigenvalue weighted by Gasteiger charge is 2.38. The van der Waals surface area contributed by atoms with Gasteiger partial charge in [-0.2, -0.15) is 0 Å². The molecule has 0 amide bonds. The summed E-state index contributed by atoms with van der Waals surface area (Å²) in [6.45, 7) is 12.7. The van der Waals surface area contributed by atoms with Crippen molar-refractivity contribution in [3.8, 4) is 0 Å². The molecule has 0 aliphatic carbocycles. The fraction of sp³-hybridized carbons (Fsp3) is 1.00. The summed E-state index contributed by atoms with van der Waals surface area (Å²) in [4.78, 5) is 0. The zero-order chi connectivity index (χ0) is 14.6. The summed E-state index contributed by atoms with van der Waals surface area (Å²) in [6.07, 6.45) is 11.8. The normalized spacial score (nSPS) is 27.1. The second kappa shape index (κ2) is 7.49. The van der Waals surface area contributed by atoms with Crippen LogP contribution in [0.2, 0.25) is 36.1 Å². The Morgan fingerprint density at radius 2 is 1.60 bits per heavy atom. The van der Waals surface area contributed by atoms with Crippen LogP contribution < -0.4 is 0 Å². The monoisotopic (exact) mass is 294 g/mol. The van der Waals surface area contributed by atoms with Gasteiger partial charge in [-0.15, -0.1) is 0 Å². The van der Waals surface area contributed by atoms with Crippen molar-refractivity contribution in [1.82, 2.24) is 0 Å². The van der Waals surface area contributed by atoms with Crippen molar-refractivity contribution < 1.29 is 4.74 Å². The lowest BCUT2D eigenvalue weighted by Gasteiger charge is -2.40. The first-order valence-electron chi connectivity index (χ1n) is 9.08. The number of hydrogen-bond donors (Lipinski definition) is 0. The van der Waals surface area contributed by atoms with Gasteiger partial charge >= 0.3 is 0 Å². The van der Waals surface area contributed by atoms with Gasteiger partial charge in [0.2, 0.25) is 0 Å². The Bertz CT molecular complexity index is 271. The third-order valence-corrected chi connectivity index (χ3v) is 9.67. The van der Waals surface area contributed by atoms with Crippen molar-refractivity contribution in [2.75, 3.05) is 13.2 Å². The smallest absolute Gasteiger partial charge is 0.146 e. The molecule has 0 spiro atoms. The van der Waals surface area contributed by atoms with E-state index in [1.54, 1.807) is 0 Å². The van der Waals surface area contributed by atoms with E-state index < -0.39 is 8.80 Å². The molecule has 0 aromatic rings. The van der Waals surface area contributed by atoms with Crippen LogP contribution in [0.25, 0.3) is 0 Å². The molecule has 116 valence electrons. The fourth-order valence-electron chi connectivity index (χ4n) is 4.21. The van der Waals surface area contributed by atoms with Gasteiger partial charge in [0.05, 0.1) is 0 Å². The minimum atomic E-state index is -0.600. The molecule has 2 bridgehead atoms. The van der Waals surface area contributed by atoms with Gasteiger partial charge in [0.1, 0.15) is 6.71 Å². The maximum atomic E-state index is 6.01. The van der Waals surface area contributed by atoms with E-state index in [4.69, 9.17) is 4.74 Å². The van der Waals surface area contributed by atoms with E-state index in [-0.39, 0.29) is 0 Å². The first-order chi connectivity index (χ1) is 9.50. The fourth-order valence-corrected chi connectivity index (χ4v) is 4.66. The summed E-state index contributed by atoms with van der Waals surface area (Å²) in [7, 11) is -0.600. The molecule has 1 nitrogen and oxygen atoms in total. The number of hydrogen-bond acceptors (Lipinski definition) is 1. The Labute approximate surface area is 128 Å². The van der Waals surface area contributed by atoms with Crippen LogP contribution in [0.1, 0.15) is 58.8 Å². The van der Waals surface area contributed by atoms with Gasteiger partial charge in [-0.3, -0.25) is 0 Å². The molecule has 0 saturated carbocycles. The standard InChI is InChI=1S/C17H35BOSi/c1-17(2,20(3)4)14-19-13-7-12-18-15-8-5-9-16(18)11-6-10-15/h15-16,20H,5-14H2,1-4H3/t15-,16-. The zero-order valence-corrected chi connectivity index (χ0v) is 15.4. The average molecular weight is 294 g/mol. The molecular weight excluding hydrogens is 259 g/mol. The first-order valence-corrected chi connectivity index (χ1v) is 12.0. The van der Waals surface area contributed by atoms with Gasteiger partial charge < -0.3 is 4.74 Å². The van der Waals surface area contributed by atoms with Crippen LogP contribution in [0.4, 0.5) is 0 Å². The molecule has 2 fully saturated rings. The van der Waals surface area contributed by atoms with Crippen LogP contribution in [-0.2, 0) is 4.74 Å². The molecule has 0 aromatic carbocycles. The minimum absolute atomic E-state index is 0.460. The quantitative estimate of drug-likeness (QED) is 0.459. The average Bonchev–Trinajstić information content (AvgIpc) is 2.37. The maximum absolute atomic E-state index is 6.01. The second-order valence-corrected chi connectivity index (χ2v) is 12.3. The molecule has 20 heavy (non-hydrogen) atoms. The summed E-state index contributed by atoms with van der Waals surface area (Å²) in [6, 6.07) is 0. The van der Waals surface area contributed by atoms with Gasteiger partial charge in [0.25, 0.3) is 0 Å². The van der Waals surface area contributed by atoms with Gasteiger partial charge in [-0.05, 0) is 11.5 Å². The van der Waals surface area contributed by atoms with E-state index in [1.165, 1.54) is 51.3 Å². The van der Waals surface area contributed by atoms with Crippen molar-refractivity contribution >= 4 is 15.5 Å². The molecule has 2 rings (SSSR count). The van der Waals surface area contributed by atoms with E-state index in [0.29, 0.717) is 5.04 Å². The Kier molecular flexibility index (Phi) is 6.22. The topological polar surface area (TPSA) is 9.23 Å². The van der Waals surface area contributed by atoms with Crippen molar-refractivity contribution in [2.24, 2.45) is 0 Å². The van der Waals surface area contributed by atoms with E-state index in [1.807, 2.05) is 0 Å². The molecule has 2 saturated heterocycles. The van der Waals surface area contributed by atoms with Crippen LogP contribution in [0.3, 0.4) is 0 Å². The molecule has 0 atom stereocenters. The van der Waals surface area contributed by atoms with E-state index in [2.05, 4.69) is 26.9 Å². The largest absolute Gasteiger partial charge is 0.381 e. The summed E-state index contributed by atoms with van der Waals surface area (Å²) >= 11 is 0. The summed E-state index contributed by atoms with van der Waals surface area (Å²) in [5, 5.41) is 0.460. The first kappa shape index (κ1) is 16.6. The zero-order valence-electron chi connectivity index (χ0n) is 14.3. The Morgan fingerprint density at radius 1 is 1.05 bits per heavy atom. The van der Waals surface area contributed by atoms with E-state index in [0.717, 1.165) is 31.6 Å². The highest BCUT2D eigenvalue weighted by molar-refractivity contribution is 6.62. The van der Waals surface area contributed by atoms with Crippen LogP contribution in [0.5, 0.6) is 0 Å². The van der Waals surface area contributed by atoms with E-state index in [9.17, 15) is 0 Å². The molecule has 3 heteroatoms. The van der Waals surface area contributed by atoms with Crippen molar-refractivity contribution in [1.29, 1.82) is 0 Å². The number of ether oxygens (including phenoxy) is 1. The number of fused-ring (bicyclic) bond motifs is 2. The summed E-state index contributed by atoms with van der Waals surface area (Å²) < 4.78 is 6.01. The molecule has 2 aliphatic rings. The molecule has 0 unspecified atom stereocenters. The van der Waals surface area contributed by atoms with Gasteiger partial charge in [-0.25, -0.2) is 0 Å². The lowest BCUT2D eigenvalue weighted by molar-refractivity contribution is 0.114. The van der Waals surface area contributed by atoms with Crippen molar-refractivity contribution in [3.05, 3.63) is 0 Å². The van der Waals surface area contributed by atoms with E-state index >= 15 is 0 Å². The Hall–Kier alpha value is 0.242. The maximum Gasteiger partial charge on any atom is 0.146 e. The predicted molar refractivity (Wildman–Crippen MR) is 94.1 cm³/mol. The number of rotatable bonds is 7. The molecule has 0 radical (unpaired) electrons. The Balaban J connectivity index is 1.64. The highest BCUT2D eigenvalue weighted by atomic mass is 28.3. The third-order valence-electron chi connectivity index (χ3n) is 6.37. The Morgan fingerprint density at radius 3 is 2.10 bits per heavy atom. The molecular formula is C17H35BOSi. The van der Waals surface area contributed by atoms with Gasteiger partial charge in [0.15, 0.2) is 0 Å². The predicted octanol–water partition coefficient (Wildman–Crippen LogP) is 5.26. The molecule has 0 aromatic heterocycles. The van der Waals surface area contributed by atoms with Crippen molar-refractivity contribution in [3.63, 3.8) is 0 Å². The minimum Gasteiger partial charge on any atom is -0.381 e. The van der Waals surface area contributed by atoms with Gasteiger partial charge in [-0.1, -0.05) is 83.4 Å². The van der Waals surface area contributed by atoms with Crippen molar-refractivity contribution in [2.45, 2.75) is 94.9 Å².